The van der Waals surface area contributed by atoms with Crippen molar-refractivity contribution < 1.29 is 14.7 Å². The maximum absolute atomic E-state index is 13.0. The number of fused-ring (bicyclic) bond motifs is 1. The van der Waals surface area contributed by atoms with Gasteiger partial charge in [0.1, 0.15) is 5.76 Å². The number of amides is 1. The Morgan fingerprint density at radius 2 is 1.93 bits per heavy atom. The van der Waals surface area contributed by atoms with Crippen molar-refractivity contribution in [2.75, 3.05) is 27.2 Å². The monoisotopic (exact) mass is 409 g/mol. The van der Waals surface area contributed by atoms with Gasteiger partial charge < -0.3 is 19.5 Å². The fourth-order valence-corrected chi connectivity index (χ4v) is 4.68. The first-order valence-corrected chi connectivity index (χ1v) is 10.3. The zero-order valence-electron chi connectivity index (χ0n) is 16.6. The summed E-state index contributed by atoms with van der Waals surface area (Å²) in [5, 5.41) is 14.0. The number of para-hydroxylation sites is 1. The number of aromatic nitrogens is 1. The summed E-state index contributed by atoms with van der Waals surface area (Å²) in [6, 6.07) is 10.9. The predicted molar refractivity (Wildman–Crippen MR) is 115 cm³/mol. The maximum Gasteiger partial charge on any atom is 0.295 e. The van der Waals surface area contributed by atoms with Gasteiger partial charge in [0.25, 0.3) is 11.7 Å². The van der Waals surface area contributed by atoms with Crippen molar-refractivity contribution in [3.8, 4) is 0 Å². The number of carbonyl (C=O) groups is 2. The smallest absolute Gasteiger partial charge is 0.295 e. The van der Waals surface area contributed by atoms with Crippen LogP contribution in [0.3, 0.4) is 0 Å². The molecule has 1 aromatic carbocycles. The minimum atomic E-state index is -0.632. The molecule has 1 aliphatic rings. The second-order valence-corrected chi connectivity index (χ2v) is 8.46. The zero-order valence-corrected chi connectivity index (χ0v) is 17.4. The molecule has 0 aliphatic carbocycles. The normalized spacial score (nSPS) is 19.0. The van der Waals surface area contributed by atoms with E-state index in [0.29, 0.717) is 18.7 Å². The Labute approximate surface area is 173 Å². The van der Waals surface area contributed by atoms with Crippen LogP contribution in [0.15, 0.2) is 53.5 Å². The number of likely N-dealkylation sites (tertiary alicyclic amines) is 1. The second-order valence-electron chi connectivity index (χ2n) is 7.48. The number of ketones is 1. The van der Waals surface area contributed by atoms with Crippen molar-refractivity contribution in [1.29, 1.82) is 0 Å². The van der Waals surface area contributed by atoms with E-state index in [0.717, 1.165) is 15.8 Å². The largest absolute Gasteiger partial charge is 0.507 e. The number of thiophene rings is 1. The van der Waals surface area contributed by atoms with Gasteiger partial charge in [-0.3, -0.25) is 9.59 Å². The minimum Gasteiger partial charge on any atom is -0.507 e. The number of aliphatic hydroxyl groups excluding tert-OH is 1. The van der Waals surface area contributed by atoms with Gasteiger partial charge in [0, 0.05) is 47.7 Å². The third-order valence-electron chi connectivity index (χ3n) is 5.29. The molecule has 0 bridgehead atoms. The molecule has 29 heavy (non-hydrogen) atoms. The number of aryl methyl sites for hydroxylation is 1. The van der Waals surface area contributed by atoms with Crippen LogP contribution in [0.5, 0.6) is 0 Å². The first kappa shape index (κ1) is 19.4. The number of carbonyl (C=O) groups excluding carboxylic acids is 2. The molecule has 1 N–H and O–H groups in total. The molecule has 1 saturated heterocycles. The van der Waals surface area contributed by atoms with E-state index in [4.69, 9.17) is 0 Å². The zero-order chi connectivity index (χ0) is 20.7. The van der Waals surface area contributed by atoms with Crippen molar-refractivity contribution in [2.45, 2.75) is 6.04 Å². The van der Waals surface area contributed by atoms with Gasteiger partial charge in [-0.1, -0.05) is 24.3 Å². The fourth-order valence-electron chi connectivity index (χ4n) is 3.84. The number of rotatable bonds is 5. The van der Waals surface area contributed by atoms with Crippen LogP contribution in [0.2, 0.25) is 0 Å². The lowest BCUT2D eigenvalue weighted by atomic mass is 9.99. The van der Waals surface area contributed by atoms with Gasteiger partial charge in [-0.25, -0.2) is 0 Å². The SMILES string of the molecule is CN(C)CCN1C(=O)C(=O)C(=C(O)c2cn(C)c3ccccc23)[C@H]1c1cccs1. The maximum atomic E-state index is 13.0. The third-order valence-corrected chi connectivity index (χ3v) is 6.22. The molecule has 0 radical (unpaired) electrons. The third kappa shape index (κ3) is 3.26. The highest BCUT2D eigenvalue weighted by Crippen LogP contribution is 2.42. The fraction of sp³-hybridized carbons (Fsp3) is 0.273. The molecule has 3 aromatic rings. The van der Waals surface area contributed by atoms with Crippen LogP contribution in [0.1, 0.15) is 16.5 Å². The van der Waals surface area contributed by atoms with Gasteiger partial charge >= 0.3 is 0 Å². The van der Waals surface area contributed by atoms with E-state index < -0.39 is 17.7 Å². The first-order valence-electron chi connectivity index (χ1n) is 9.41. The summed E-state index contributed by atoms with van der Waals surface area (Å²) < 4.78 is 1.91. The van der Waals surface area contributed by atoms with Crippen LogP contribution in [0.25, 0.3) is 16.7 Å². The first-order chi connectivity index (χ1) is 13.9. The van der Waals surface area contributed by atoms with Crippen molar-refractivity contribution in [1.82, 2.24) is 14.4 Å². The molecule has 1 atom stereocenters. The van der Waals surface area contributed by atoms with Gasteiger partial charge in [0.05, 0.1) is 11.6 Å². The van der Waals surface area contributed by atoms with Gasteiger partial charge in [-0.05, 0) is 31.6 Å². The molecule has 6 nitrogen and oxygen atoms in total. The van der Waals surface area contributed by atoms with Gasteiger partial charge in [0.2, 0.25) is 0 Å². The summed E-state index contributed by atoms with van der Waals surface area (Å²) in [6.07, 6.45) is 1.80. The second kappa shape index (κ2) is 7.50. The Bertz CT molecular complexity index is 1110. The molecule has 0 spiro atoms. The number of benzene rings is 1. The molecule has 1 amide bonds. The molecule has 1 aliphatic heterocycles. The van der Waals surface area contributed by atoms with Crippen LogP contribution >= 0.6 is 11.3 Å². The Kier molecular flexibility index (Phi) is 5.02. The minimum absolute atomic E-state index is 0.120. The van der Waals surface area contributed by atoms with Crippen LogP contribution in [0.4, 0.5) is 0 Å². The van der Waals surface area contributed by atoms with E-state index in [1.807, 2.05) is 72.4 Å². The number of hydrogen-bond donors (Lipinski definition) is 1. The Balaban J connectivity index is 1.89. The van der Waals surface area contributed by atoms with Crippen molar-refractivity contribution in [3.63, 3.8) is 0 Å². The quantitative estimate of drug-likeness (QED) is 0.399. The average molecular weight is 410 g/mol. The van der Waals surface area contributed by atoms with Crippen LogP contribution in [0, 0.1) is 0 Å². The molecule has 150 valence electrons. The highest BCUT2D eigenvalue weighted by molar-refractivity contribution is 7.10. The van der Waals surface area contributed by atoms with E-state index in [9.17, 15) is 14.7 Å². The Morgan fingerprint density at radius 3 is 2.62 bits per heavy atom. The Hall–Kier alpha value is -2.90. The van der Waals surface area contributed by atoms with Crippen molar-refractivity contribution >= 4 is 39.7 Å². The summed E-state index contributed by atoms with van der Waals surface area (Å²) in [5.41, 5.74) is 1.67. The highest BCUT2D eigenvalue weighted by Gasteiger charge is 2.46. The van der Waals surface area contributed by atoms with Crippen LogP contribution in [-0.2, 0) is 16.6 Å². The number of likely N-dealkylation sites (N-methyl/N-ethyl adjacent to an activating group) is 1. The van der Waals surface area contributed by atoms with E-state index in [1.54, 1.807) is 11.1 Å². The van der Waals surface area contributed by atoms with Crippen LogP contribution < -0.4 is 0 Å². The summed E-state index contributed by atoms with van der Waals surface area (Å²) >= 11 is 1.48. The topological polar surface area (TPSA) is 65.8 Å². The molecule has 2 aromatic heterocycles. The molecule has 4 rings (SSSR count). The molecule has 7 heteroatoms. The molecule has 0 saturated carbocycles. The summed E-state index contributed by atoms with van der Waals surface area (Å²) in [5.74, 6) is -1.31. The summed E-state index contributed by atoms with van der Waals surface area (Å²) in [4.78, 5) is 30.3. The molecular weight excluding hydrogens is 386 g/mol. The Morgan fingerprint density at radius 1 is 1.17 bits per heavy atom. The molecule has 3 heterocycles. The number of aliphatic hydroxyl groups is 1. The van der Waals surface area contributed by atoms with E-state index >= 15 is 0 Å². The summed E-state index contributed by atoms with van der Waals surface area (Å²) in [7, 11) is 5.74. The lowest BCUT2D eigenvalue weighted by molar-refractivity contribution is -0.140. The molecular formula is C22H23N3O3S. The standard InChI is InChI=1S/C22H23N3O3S/c1-23(2)10-11-25-19(17-9-6-12-29-17)18(21(27)22(25)28)20(26)15-13-24(3)16-8-5-4-7-14(15)16/h4-9,12-13,19,26H,10-11H2,1-3H3/t19-/m1/s1. The van der Waals surface area contributed by atoms with E-state index in [-0.39, 0.29) is 11.3 Å². The van der Waals surface area contributed by atoms with Crippen LogP contribution in [-0.4, -0.2) is 58.3 Å². The van der Waals surface area contributed by atoms with Gasteiger partial charge in [-0.15, -0.1) is 11.3 Å². The van der Waals surface area contributed by atoms with E-state index in [1.165, 1.54) is 11.3 Å². The van der Waals surface area contributed by atoms with Gasteiger partial charge in [0.15, 0.2) is 0 Å². The highest BCUT2D eigenvalue weighted by atomic mass is 32.1. The average Bonchev–Trinajstić information content (AvgIpc) is 3.39. The predicted octanol–water partition coefficient (Wildman–Crippen LogP) is 3.22. The van der Waals surface area contributed by atoms with Crippen molar-refractivity contribution in [2.24, 2.45) is 7.05 Å². The lowest BCUT2D eigenvalue weighted by Crippen LogP contribution is -2.35. The number of Topliss-reactive ketones (excluding diaryl/α,β-unsaturated/α-hetero) is 1. The molecule has 1 fully saturated rings. The number of hydrogen-bond acceptors (Lipinski definition) is 5. The number of nitrogens with zero attached hydrogens (tertiary/aromatic N) is 3. The molecule has 0 unspecified atom stereocenters. The van der Waals surface area contributed by atoms with Gasteiger partial charge in [-0.2, -0.15) is 0 Å². The van der Waals surface area contributed by atoms with Crippen molar-refractivity contribution in [3.05, 3.63) is 64.0 Å². The van der Waals surface area contributed by atoms with E-state index in [2.05, 4.69) is 0 Å². The lowest BCUT2D eigenvalue weighted by Gasteiger charge is -2.25. The summed E-state index contributed by atoms with van der Waals surface area (Å²) in [6.45, 7) is 1.04.